The van der Waals surface area contributed by atoms with E-state index in [1.807, 2.05) is 30.3 Å². The smallest absolute Gasteiger partial charge is 0.225 e. The van der Waals surface area contributed by atoms with Gasteiger partial charge in [0.15, 0.2) is 11.6 Å². The van der Waals surface area contributed by atoms with Crippen LogP contribution in [0.25, 0.3) is 22.6 Å². The highest BCUT2D eigenvalue weighted by Gasteiger charge is 2.18. The number of hydrogen-bond donors (Lipinski definition) is 3. The zero-order chi connectivity index (χ0) is 16.4. The molecule has 1 amide bonds. The number of nitrogens with zero attached hydrogens (tertiary/aromatic N) is 2. The number of aromatic nitrogens is 4. The molecule has 6 nitrogen and oxygen atoms in total. The number of nitrogens with one attached hydrogen (secondary N) is 3. The number of para-hydroxylation sites is 2. The number of fused-ring (bicyclic) bond motifs is 1. The van der Waals surface area contributed by atoms with Crippen molar-refractivity contribution in [2.45, 2.75) is 38.5 Å². The van der Waals surface area contributed by atoms with E-state index in [4.69, 9.17) is 0 Å². The summed E-state index contributed by atoms with van der Waals surface area (Å²) in [7, 11) is 0. The molecular weight excluding hydrogens is 302 g/mol. The van der Waals surface area contributed by atoms with Gasteiger partial charge in [-0.05, 0) is 30.9 Å². The summed E-state index contributed by atoms with van der Waals surface area (Å²) < 4.78 is 0. The fourth-order valence-electron chi connectivity index (χ4n) is 3.43. The first-order chi connectivity index (χ1) is 11.8. The summed E-state index contributed by atoms with van der Waals surface area (Å²) >= 11 is 0. The number of rotatable bonds is 4. The van der Waals surface area contributed by atoms with Gasteiger partial charge in [-0.3, -0.25) is 9.89 Å². The highest BCUT2D eigenvalue weighted by Crippen LogP contribution is 2.27. The van der Waals surface area contributed by atoms with E-state index in [0.29, 0.717) is 18.2 Å². The number of imidazole rings is 1. The van der Waals surface area contributed by atoms with Crippen LogP contribution in [-0.4, -0.2) is 26.1 Å². The lowest BCUT2D eigenvalue weighted by Gasteiger charge is -2.20. The molecule has 2 heterocycles. The zero-order valence-electron chi connectivity index (χ0n) is 13.5. The molecule has 0 bridgehead atoms. The lowest BCUT2D eigenvalue weighted by atomic mass is 9.87. The molecule has 0 atom stereocenters. The Balaban J connectivity index is 1.43. The molecule has 3 aromatic rings. The van der Waals surface area contributed by atoms with Crippen LogP contribution in [0.1, 0.15) is 38.5 Å². The molecule has 1 aliphatic rings. The SMILES string of the molecule is O=C(CC1CCCCC1)Nc1cc(-c2nc3ccccc3[nH]2)[nH]n1. The van der Waals surface area contributed by atoms with Gasteiger partial charge in [-0.25, -0.2) is 4.98 Å². The van der Waals surface area contributed by atoms with Crippen molar-refractivity contribution in [3.05, 3.63) is 30.3 Å². The van der Waals surface area contributed by atoms with Crippen molar-refractivity contribution >= 4 is 22.8 Å². The largest absolute Gasteiger partial charge is 0.337 e. The predicted molar refractivity (Wildman–Crippen MR) is 93.5 cm³/mol. The first-order valence-corrected chi connectivity index (χ1v) is 8.58. The fraction of sp³-hybridized carbons (Fsp3) is 0.389. The zero-order valence-corrected chi connectivity index (χ0v) is 13.5. The van der Waals surface area contributed by atoms with E-state index in [0.717, 1.165) is 35.4 Å². The number of anilines is 1. The minimum Gasteiger partial charge on any atom is -0.337 e. The third-order valence-electron chi connectivity index (χ3n) is 4.69. The van der Waals surface area contributed by atoms with Crippen LogP contribution >= 0.6 is 0 Å². The minimum absolute atomic E-state index is 0.0459. The Bertz CT molecular complexity index is 811. The standard InChI is InChI=1S/C18H21N5O/c24-17(10-12-6-2-1-3-7-12)21-16-11-15(22-23-16)18-19-13-8-4-5-9-14(13)20-18/h4-5,8-9,11-12H,1-3,6-7,10H2,(H,19,20)(H2,21,22,23,24). The van der Waals surface area contributed by atoms with Gasteiger partial charge in [0.25, 0.3) is 0 Å². The molecular formula is C18H21N5O. The van der Waals surface area contributed by atoms with Crippen LogP contribution in [0.3, 0.4) is 0 Å². The van der Waals surface area contributed by atoms with Crippen LogP contribution in [0, 0.1) is 5.92 Å². The summed E-state index contributed by atoms with van der Waals surface area (Å²) in [5, 5.41) is 10.0. The van der Waals surface area contributed by atoms with Gasteiger partial charge in [-0.2, -0.15) is 5.10 Å². The van der Waals surface area contributed by atoms with Gasteiger partial charge < -0.3 is 10.3 Å². The van der Waals surface area contributed by atoms with Crippen molar-refractivity contribution < 1.29 is 4.79 Å². The van der Waals surface area contributed by atoms with Gasteiger partial charge in [0.05, 0.1) is 11.0 Å². The molecule has 0 spiro atoms. The number of carbonyl (C=O) groups excluding carboxylic acids is 1. The summed E-state index contributed by atoms with van der Waals surface area (Å²) in [6.07, 6.45) is 6.72. The summed E-state index contributed by atoms with van der Waals surface area (Å²) in [5.74, 6) is 1.83. The van der Waals surface area contributed by atoms with E-state index in [-0.39, 0.29) is 5.91 Å². The highest BCUT2D eigenvalue weighted by molar-refractivity contribution is 5.90. The maximum Gasteiger partial charge on any atom is 0.225 e. The molecule has 3 N–H and O–H groups in total. The van der Waals surface area contributed by atoms with E-state index in [1.54, 1.807) is 0 Å². The number of hydrogen-bond acceptors (Lipinski definition) is 3. The third-order valence-corrected chi connectivity index (χ3v) is 4.69. The van der Waals surface area contributed by atoms with Crippen molar-refractivity contribution in [2.75, 3.05) is 5.32 Å². The second-order valence-corrected chi connectivity index (χ2v) is 6.53. The Hall–Kier alpha value is -2.63. The Labute approximate surface area is 140 Å². The Morgan fingerprint density at radius 1 is 1.21 bits per heavy atom. The first-order valence-electron chi connectivity index (χ1n) is 8.58. The van der Waals surface area contributed by atoms with Crippen molar-refractivity contribution in [3.63, 3.8) is 0 Å². The normalized spacial score (nSPS) is 15.7. The average Bonchev–Trinajstić information content (AvgIpc) is 3.22. The van der Waals surface area contributed by atoms with Crippen molar-refractivity contribution in [1.82, 2.24) is 20.2 Å². The topological polar surface area (TPSA) is 86.5 Å². The molecule has 124 valence electrons. The summed E-state index contributed by atoms with van der Waals surface area (Å²) in [6, 6.07) is 9.68. The summed E-state index contributed by atoms with van der Waals surface area (Å²) in [6.45, 7) is 0. The van der Waals surface area contributed by atoms with Gasteiger partial charge in [0.1, 0.15) is 5.69 Å². The Morgan fingerprint density at radius 3 is 2.88 bits per heavy atom. The lowest BCUT2D eigenvalue weighted by Crippen LogP contribution is -2.18. The van der Waals surface area contributed by atoms with E-state index in [9.17, 15) is 4.79 Å². The molecule has 2 aromatic heterocycles. The molecule has 0 unspecified atom stereocenters. The summed E-state index contributed by atoms with van der Waals surface area (Å²) in [4.78, 5) is 20.0. The molecule has 4 rings (SSSR count). The van der Waals surface area contributed by atoms with Gasteiger partial charge >= 0.3 is 0 Å². The predicted octanol–water partition coefficient (Wildman–Crippen LogP) is 3.86. The monoisotopic (exact) mass is 323 g/mol. The van der Waals surface area contributed by atoms with Crippen LogP contribution in [0.5, 0.6) is 0 Å². The molecule has 24 heavy (non-hydrogen) atoms. The minimum atomic E-state index is 0.0459. The Kier molecular flexibility index (Phi) is 4.02. The first kappa shape index (κ1) is 14.9. The van der Waals surface area contributed by atoms with Gasteiger partial charge in [0, 0.05) is 12.5 Å². The van der Waals surface area contributed by atoms with Crippen LogP contribution in [-0.2, 0) is 4.79 Å². The number of carbonyl (C=O) groups is 1. The second-order valence-electron chi connectivity index (χ2n) is 6.53. The van der Waals surface area contributed by atoms with Gasteiger partial charge in [0.2, 0.25) is 5.91 Å². The van der Waals surface area contributed by atoms with Gasteiger partial charge in [-0.15, -0.1) is 0 Å². The maximum atomic E-state index is 12.2. The highest BCUT2D eigenvalue weighted by atomic mass is 16.1. The van der Waals surface area contributed by atoms with E-state index >= 15 is 0 Å². The molecule has 6 heteroatoms. The molecule has 1 fully saturated rings. The quantitative estimate of drug-likeness (QED) is 0.681. The van der Waals surface area contributed by atoms with E-state index < -0.39 is 0 Å². The molecule has 0 aliphatic heterocycles. The van der Waals surface area contributed by atoms with Crippen LogP contribution in [0.15, 0.2) is 30.3 Å². The molecule has 1 aliphatic carbocycles. The second kappa shape index (κ2) is 6.47. The van der Waals surface area contributed by atoms with Crippen molar-refractivity contribution in [2.24, 2.45) is 5.92 Å². The number of benzene rings is 1. The van der Waals surface area contributed by atoms with E-state index in [1.165, 1.54) is 19.3 Å². The van der Waals surface area contributed by atoms with Crippen molar-refractivity contribution in [3.8, 4) is 11.5 Å². The average molecular weight is 323 g/mol. The maximum absolute atomic E-state index is 12.2. The lowest BCUT2D eigenvalue weighted by molar-refractivity contribution is -0.117. The Morgan fingerprint density at radius 2 is 2.04 bits per heavy atom. The molecule has 0 radical (unpaired) electrons. The summed E-state index contributed by atoms with van der Waals surface area (Å²) in [5.41, 5.74) is 2.65. The molecule has 1 aromatic carbocycles. The number of H-pyrrole nitrogens is 2. The fourth-order valence-corrected chi connectivity index (χ4v) is 3.43. The third kappa shape index (κ3) is 3.18. The number of amides is 1. The van der Waals surface area contributed by atoms with Crippen molar-refractivity contribution in [1.29, 1.82) is 0 Å². The molecule has 1 saturated carbocycles. The van der Waals surface area contributed by atoms with Crippen LogP contribution in [0.2, 0.25) is 0 Å². The van der Waals surface area contributed by atoms with Gasteiger partial charge in [-0.1, -0.05) is 31.4 Å². The van der Waals surface area contributed by atoms with E-state index in [2.05, 4.69) is 25.5 Å². The van der Waals surface area contributed by atoms with Crippen LogP contribution < -0.4 is 5.32 Å². The number of aromatic amines is 2. The molecule has 0 saturated heterocycles. The van der Waals surface area contributed by atoms with Crippen LogP contribution in [0.4, 0.5) is 5.82 Å².